The largest absolute Gasteiger partial charge is 0.456 e. The van der Waals surface area contributed by atoms with E-state index in [1.165, 1.54) is 48.8 Å². The van der Waals surface area contributed by atoms with Crippen molar-refractivity contribution in [2.24, 2.45) is 0 Å². The van der Waals surface area contributed by atoms with Gasteiger partial charge < -0.3 is 14.6 Å². The maximum Gasteiger partial charge on any atom is 0.137 e. The van der Waals surface area contributed by atoms with Crippen molar-refractivity contribution in [1.82, 2.24) is 0 Å². The van der Waals surface area contributed by atoms with Crippen molar-refractivity contribution < 1.29 is 4.42 Å². The van der Waals surface area contributed by atoms with Gasteiger partial charge in [0.05, 0.1) is 5.69 Å². The molecular formula is C45H30N2OS. The predicted molar refractivity (Wildman–Crippen MR) is 208 cm³/mol. The van der Waals surface area contributed by atoms with Crippen molar-refractivity contribution in [3.63, 3.8) is 0 Å². The van der Waals surface area contributed by atoms with E-state index in [-0.39, 0.29) is 5.37 Å². The van der Waals surface area contributed by atoms with Gasteiger partial charge in [0, 0.05) is 49.6 Å². The first-order valence-electron chi connectivity index (χ1n) is 16.6. The number of nitrogens with zero attached hydrogens (tertiary/aromatic N) is 1. The number of benzene rings is 8. The van der Waals surface area contributed by atoms with Gasteiger partial charge >= 0.3 is 0 Å². The van der Waals surface area contributed by atoms with Crippen LogP contribution in [0.5, 0.6) is 0 Å². The molecule has 1 aliphatic heterocycles. The van der Waals surface area contributed by atoms with Gasteiger partial charge in [0.1, 0.15) is 16.5 Å². The molecule has 1 atom stereocenters. The van der Waals surface area contributed by atoms with Crippen LogP contribution in [0, 0.1) is 0 Å². The lowest BCUT2D eigenvalue weighted by Gasteiger charge is -2.26. The summed E-state index contributed by atoms with van der Waals surface area (Å²) in [4.78, 5) is 3.64. The molecule has 0 radical (unpaired) electrons. The lowest BCUT2D eigenvalue weighted by atomic mass is 9.98. The fourth-order valence-corrected chi connectivity index (χ4v) is 8.63. The molecule has 10 rings (SSSR count). The second-order valence-electron chi connectivity index (χ2n) is 12.6. The molecular weight excluding hydrogens is 617 g/mol. The summed E-state index contributed by atoms with van der Waals surface area (Å²) >= 11 is 1.90. The lowest BCUT2D eigenvalue weighted by Crippen LogP contribution is -2.10. The number of nitrogens with one attached hydrogen (secondary N) is 1. The lowest BCUT2D eigenvalue weighted by molar-refractivity contribution is 0.669. The Morgan fingerprint density at radius 1 is 0.449 bits per heavy atom. The molecule has 0 aliphatic carbocycles. The quantitative estimate of drug-likeness (QED) is 0.188. The Hall–Kier alpha value is -5.97. The van der Waals surface area contributed by atoms with Crippen molar-refractivity contribution in [2.75, 3.05) is 10.2 Å². The number of rotatable bonds is 5. The summed E-state index contributed by atoms with van der Waals surface area (Å²) < 4.78 is 6.39. The van der Waals surface area contributed by atoms with E-state index in [2.05, 4.69) is 168 Å². The minimum absolute atomic E-state index is 0.144. The first kappa shape index (κ1) is 28.1. The van der Waals surface area contributed by atoms with Crippen LogP contribution in [0.1, 0.15) is 10.9 Å². The van der Waals surface area contributed by atoms with Crippen LogP contribution in [0.2, 0.25) is 0 Å². The molecule has 0 saturated carbocycles. The van der Waals surface area contributed by atoms with Gasteiger partial charge in [0.25, 0.3) is 0 Å². The Morgan fingerprint density at radius 2 is 1.02 bits per heavy atom. The van der Waals surface area contributed by atoms with Crippen LogP contribution in [0.15, 0.2) is 179 Å². The molecule has 8 aromatic carbocycles. The highest BCUT2D eigenvalue weighted by molar-refractivity contribution is 8.00. The third-order valence-corrected chi connectivity index (χ3v) is 11.0. The van der Waals surface area contributed by atoms with Crippen molar-refractivity contribution >= 4 is 78.0 Å². The smallest absolute Gasteiger partial charge is 0.137 e. The molecule has 3 nitrogen and oxygen atoms in total. The predicted octanol–water partition coefficient (Wildman–Crippen LogP) is 13.2. The molecule has 1 aliphatic rings. The molecule has 0 spiro atoms. The molecule has 1 N–H and O–H groups in total. The molecule has 1 aromatic heterocycles. The SMILES string of the molecule is c1ccc(-c2ccc(N(c3ccc4c(c3)oc3ccccc34)c3ccc4c(c3)c3c(c5ccccc54)NC(c4ccccc4)S3)cc2)cc1. The van der Waals surface area contributed by atoms with Gasteiger partial charge in [-0.2, -0.15) is 0 Å². The molecule has 2 heterocycles. The van der Waals surface area contributed by atoms with Crippen LogP contribution in [-0.2, 0) is 0 Å². The molecule has 4 heteroatoms. The first-order chi connectivity index (χ1) is 24.3. The van der Waals surface area contributed by atoms with Gasteiger partial charge in [-0.3, -0.25) is 0 Å². The molecule has 1 unspecified atom stereocenters. The molecule has 9 aromatic rings. The molecule has 0 amide bonds. The Kier molecular flexibility index (Phi) is 6.49. The van der Waals surface area contributed by atoms with Crippen LogP contribution in [-0.4, -0.2) is 0 Å². The minimum Gasteiger partial charge on any atom is -0.456 e. The van der Waals surface area contributed by atoms with E-state index in [4.69, 9.17) is 4.42 Å². The summed E-state index contributed by atoms with van der Waals surface area (Å²) in [6.45, 7) is 0. The normalized spacial score (nSPS) is 14.0. The second kappa shape index (κ2) is 11.3. The van der Waals surface area contributed by atoms with Crippen molar-refractivity contribution in [2.45, 2.75) is 10.3 Å². The van der Waals surface area contributed by atoms with E-state index in [1.54, 1.807) is 0 Å². The molecule has 232 valence electrons. The summed E-state index contributed by atoms with van der Waals surface area (Å²) in [5, 5.41) is 11.3. The third kappa shape index (κ3) is 4.67. The standard InChI is InChI=1S/C45H30N2OS/c1-3-11-29(12-4-1)30-19-21-32(22-20-30)47(34-24-26-38-37-16-9-10-18-41(37)48-42(38)28-34)33-23-25-36-35-15-7-8-17-39(35)43-44(40(36)27-33)49-45(46-43)31-13-5-2-6-14-31/h1-28,45-46H. The maximum atomic E-state index is 6.39. The zero-order valence-electron chi connectivity index (χ0n) is 26.5. The van der Waals surface area contributed by atoms with E-state index < -0.39 is 0 Å². The van der Waals surface area contributed by atoms with Gasteiger partial charge in [0.15, 0.2) is 0 Å². The average Bonchev–Trinajstić information content (AvgIpc) is 3.79. The molecule has 0 bridgehead atoms. The fourth-order valence-electron chi connectivity index (χ4n) is 7.34. The molecule has 0 saturated heterocycles. The molecule has 49 heavy (non-hydrogen) atoms. The number of hydrogen-bond acceptors (Lipinski definition) is 4. The maximum absolute atomic E-state index is 6.39. The topological polar surface area (TPSA) is 28.4 Å². The fraction of sp³-hybridized carbons (Fsp3) is 0.0222. The second-order valence-corrected chi connectivity index (χ2v) is 13.7. The van der Waals surface area contributed by atoms with Gasteiger partial charge in [-0.15, -0.1) is 0 Å². The summed E-state index contributed by atoms with van der Waals surface area (Å²) in [5.41, 5.74) is 9.88. The van der Waals surface area contributed by atoms with Crippen molar-refractivity contribution in [3.05, 3.63) is 175 Å². The highest BCUT2D eigenvalue weighted by Crippen LogP contribution is 2.54. The van der Waals surface area contributed by atoms with Gasteiger partial charge in [-0.05, 0) is 69.9 Å². The average molecular weight is 647 g/mol. The zero-order chi connectivity index (χ0) is 32.3. The minimum atomic E-state index is 0.144. The van der Waals surface area contributed by atoms with E-state index in [0.717, 1.165) is 39.0 Å². The van der Waals surface area contributed by atoms with E-state index in [0.29, 0.717) is 0 Å². The number of furan rings is 1. The monoisotopic (exact) mass is 646 g/mol. The highest BCUT2D eigenvalue weighted by atomic mass is 32.2. The zero-order valence-corrected chi connectivity index (χ0v) is 27.3. The Labute approximate surface area is 288 Å². The van der Waals surface area contributed by atoms with Gasteiger partial charge in [-0.1, -0.05) is 133 Å². The first-order valence-corrected chi connectivity index (χ1v) is 17.5. The van der Waals surface area contributed by atoms with Crippen molar-refractivity contribution in [1.29, 1.82) is 0 Å². The van der Waals surface area contributed by atoms with E-state index >= 15 is 0 Å². The van der Waals surface area contributed by atoms with Crippen LogP contribution >= 0.6 is 11.8 Å². The number of thioether (sulfide) groups is 1. The highest BCUT2D eigenvalue weighted by Gasteiger charge is 2.28. The summed E-state index contributed by atoms with van der Waals surface area (Å²) in [5.74, 6) is 0. The number of hydrogen-bond donors (Lipinski definition) is 1. The number of anilines is 4. The summed E-state index contributed by atoms with van der Waals surface area (Å²) in [6, 6.07) is 60.7. The van der Waals surface area contributed by atoms with E-state index in [1.807, 2.05) is 23.9 Å². The van der Waals surface area contributed by atoms with Crippen LogP contribution < -0.4 is 10.2 Å². The van der Waals surface area contributed by atoms with Crippen LogP contribution in [0.25, 0.3) is 54.6 Å². The Balaban J connectivity index is 1.17. The third-order valence-electron chi connectivity index (χ3n) is 9.69. The van der Waals surface area contributed by atoms with Gasteiger partial charge in [-0.25, -0.2) is 0 Å². The Bertz CT molecular complexity index is 2670. The Morgan fingerprint density at radius 3 is 1.82 bits per heavy atom. The molecule has 0 fully saturated rings. The summed E-state index contributed by atoms with van der Waals surface area (Å²) in [6.07, 6.45) is 0. The number of para-hydroxylation sites is 1. The summed E-state index contributed by atoms with van der Waals surface area (Å²) in [7, 11) is 0. The van der Waals surface area contributed by atoms with Crippen molar-refractivity contribution in [3.8, 4) is 11.1 Å². The van der Waals surface area contributed by atoms with E-state index in [9.17, 15) is 0 Å². The number of fused-ring (bicyclic) bond motifs is 9. The van der Waals surface area contributed by atoms with Crippen LogP contribution in [0.3, 0.4) is 0 Å². The van der Waals surface area contributed by atoms with Gasteiger partial charge in [0.2, 0.25) is 0 Å². The van der Waals surface area contributed by atoms with Crippen LogP contribution in [0.4, 0.5) is 22.7 Å².